The average Bonchev–Trinajstić information content (AvgIpc) is 2.59. The maximum Gasteiger partial charge on any atom is 0.234 e. The van der Waals surface area contributed by atoms with Gasteiger partial charge in [-0.2, -0.15) is 0 Å². The Balaban J connectivity index is 1.80. The van der Waals surface area contributed by atoms with Crippen LogP contribution in [0.3, 0.4) is 0 Å². The molecule has 1 aliphatic heterocycles. The summed E-state index contributed by atoms with van der Waals surface area (Å²) in [6.07, 6.45) is 1.19. The highest BCUT2D eigenvalue weighted by Gasteiger charge is 2.25. The molecular weight excluding hydrogens is 294 g/mol. The van der Waals surface area contributed by atoms with Crippen molar-refractivity contribution in [3.05, 3.63) is 29.8 Å². The lowest BCUT2D eigenvalue weighted by Crippen LogP contribution is -2.54. The predicted octanol–water partition coefficient (Wildman–Crippen LogP) is 0.646. The number of aryl methyl sites for hydroxylation is 1. The van der Waals surface area contributed by atoms with Gasteiger partial charge in [0.05, 0.1) is 13.2 Å². The van der Waals surface area contributed by atoms with Crippen LogP contribution in [0.5, 0.6) is 5.75 Å². The lowest BCUT2D eigenvalue weighted by Gasteiger charge is -2.37. The van der Waals surface area contributed by atoms with Crippen LogP contribution in [0.1, 0.15) is 18.9 Å². The van der Waals surface area contributed by atoms with Crippen molar-refractivity contribution in [3.8, 4) is 5.75 Å². The first kappa shape index (κ1) is 17.3. The molecule has 1 aromatic rings. The number of piperazine rings is 1. The van der Waals surface area contributed by atoms with Gasteiger partial charge in [-0.1, -0.05) is 12.1 Å². The van der Waals surface area contributed by atoms with E-state index in [9.17, 15) is 9.59 Å². The van der Waals surface area contributed by atoms with Crippen LogP contribution in [0.2, 0.25) is 0 Å². The van der Waals surface area contributed by atoms with E-state index in [4.69, 9.17) is 10.5 Å². The molecular formula is C17H25N3O3. The molecule has 6 nitrogen and oxygen atoms in total. The Bertz CT molecular complexity index is 554. The third-order valence-corrected chi connectivity index (χ3v) is 4.39. The van der Waals surface area contributed by atoms with E-state index in [1.807, 2.05) is 41.0 Å². The minimum Gasteiger partial charge on any atom is -0.497 e. The summed E-state index contributed by atoms with van der Waals surface area (Å²) < 4.78 is 5.19. The Hall–Kier alpha value is -2.08. The largest absolute Gasteiger partial charge is 0.497 e. The van der Waals surface area contributed by atoms with E-state index in [-0.39, 0.29) is 17.9 Å². The second-order valence-corrected chi connectivity index (χ2v) is 5.85. The number of hydrogen-bond donors (Lipinski definition) is 1. The van der Waals surface area contributed by atoms with Crippen LogP contribution in [0.15, 0.2) is 24.3 Å². The lowest BCUT2D eigenvalue weighted by atomic mass is 10.1. The van der Waals surface area contributed by atoms with Crippen LogP contribution in [0, 0.1) is 0 Å². The number of carbonyl (C=O) groups is 2. The Morgan fingerprint density at radius 3 is 2.57 bits per heavy atom. The van der Waals surface area contributed by atoms with Crippen molar-refractivity contribution < 1.29 is 14.3 Å². The van der Waals surface area contributed by atoms with Gasteiger partial charge in [0.1, 0.15) is 5.75 Å². The lowest BCUT2D eigenvalue weighted by molar-refractivity contribution is -0.133. The Morgan fingerprint density at radius 2 is 1.96 bits per heavy atom. The van der Waals surface area contributed by atoms with Gasteiger partial charge in [0.2, 0.25) is 11.8 Å². The third kappa shape index (κ3) is 4.69. The third-order valence-electron chi connectivity index (χ3n) is 4.39. The summed E-state index contributed by atoms with van der Waals surface area (Å²) in [5.41, 5.74) is 6.42. The van der Waals surface area contributed by atoms with Crippen molar-refractivity contribution in [3.63, 3.8) is 0 Å². The van der Waals surface area contributed by atoms with E-state index < -0.39 is 0 Å². The number of hydrogen-bond acceptors (Lipinski definition) is 4. The number of rotatable bonds is 6. The minimum atomic E-state index is -0.317. The number of benzene rings is 1. The van der Waals surface area contributed by atoms with Crippen LogP contribution >= 0.6 is 0 Å². The van der Waals surface area contributed by atoms with Gasteiger partial charge >= 0.3 is 0 Å². The first-order chi connectivity index (χ1) is 11.0. The minimum absolute atomic E-state index is 0.152. The average molecular weight is 319 g/mol. The number of methoxy groups -OCH3 is 1. The van der Waals surface area contributed by atoms with Gasteiger partial charge in [-0.25, -0.2) is 0 Å². The highest BCUT2D eigenvalue weighted by molar-refractivity contribution is 5.79. The first-order valence-electron chi connectivity index (χ1n) is 7.95. The molecule has 2 rings (SSSR count). The molecule has 0 radical (unpaired) electrons. The van der Waals surface area contributed by atoms with Gasteiger partial charge in [-0.15, -0.1) is 0 Å². The molecule has 1 heterocycles. The summed E-state index contributed by atoms with van der Waals surface area (Å²) in [7, 11) is 1.64. The van der Waals surface area contributed by atoms with Gasteiger partial charge in [-0.05, 0) is 31.0 Å². The molecule has 1 saturated heterocycles. The number of primary amides is 1. The molecule has 1 aliphatic rings. The quantitative estimate of drug-likeness (QED) is 0.835. The fourth-order valence-corrected chi connectivity index (χ4v) is 2.78. The molecule has 1 atom stereocenters. The SMILES string of the molecule is COc1cccc(CCC(=O)N2CCN(C(C)C(N)=O)CC2)c1. The molecule has 126 valence electrons. The zero-order valence-electron chi connectivity index (χ0n) is 13.8. The van der Waals surface area contributed by atoms with Crippen molar-refractivity contribution in [1.82, 2.24) is 9.80 Å². The number of nitrogens with zero attached hydrogens (tertiary/aromatic N) is 2. The van der Waals surface area contributed by atoms with Crippen LogP contribution in [0.25, 0.3) is 0 Å². The first-order valence-corrected chi connectivity index (χ1v) is 7.95. The highest BCUT2D eigenvalue weighted by Crippen LogP contribution is 2.15. The number of carbonyl (C=O) groups excluding carboxylic acids is 2. The van der Waals surface area contributed by atoms with Crippen molar-refractivity contribution in [2.75, 3.05) is 33.3 Å². The molecule has 0 aromatic heterocycles. The fourth-order valence-electron chi connectivity index (χ4n) is 2.78. The van der Waals surface area contributed by atoms with Gasteiger partial charge in [0, 0.05) is 32.6 Å². The van der Waals surface area contributed by atoms with E-state index in [1.165, 1.54) is 0 Å². The van der Waals surface area contributed by atoms with Crippen molar-refractivity contribution in [1.29, 1.82) is 0 Å². The van der Waals surface area contributed by atoms with E-state index in [0.29, 0.717) is 39.0 Å². The smallest absolute Gasteiger partial charge is 0.234 e. The van der Waals surface area contributed by atoms with E-state index >= 15 is 0 Å². The summed E-state index contributed by atoms with van der Waals surface area (Å²) in [4.78, 5) is 27.4. The van der Waals surface area contributed by atoms with Crippen molar-refractivity contribution >= 4 is 11.8 Å². The molecule has 0 aliphatic carbocycles. The Kier molecular flexibility index (Phi) is 5.98. The van der Waals surface area contributed by atoms with Crippen LogP contribution in [0.4, 0.5) is 0 Å². The maximum absolute atomic E-state index is 12.3. The summed E-state index contributed by atoms with van der Waals surface area (Å²) in [6.45, 7) is 4.48. The van der Waals surface area contributed by atoms with Crippen molar-refractivity contribution in [2.24, 2.45) is 5.73 Å². The molecule has 1 unspecified atom stereocenters. The molecule has 23 heavy (non-hydrogen) atoms. The number of amides is 2. The Labute approximate surface area is 137 Å². The van der Waals surface area contributed by atoms with Gasteiger partial charge in [0.15, 0.2) is 0 Å². The van der Waals surface area contributed by atoms with Gasteiger partial charge < -0.3 is 15.4 Å². The molecule has 0 bridgehead atoms. The molecule has 2 amide bonds. The van der Waals surface area contributed by atoms with Crippen molar-refractivity contribution in [2.45, 2.75) is 25.8 Å². The second kappa shape index (κ2) is 7.97. The zero-order valence-corrected chi connectivity index (χ0v) is 13.8. The molecule has 2 N–H and O–H groups in total. The summed E-state index contributed by atoms with van der Waals surface area (Å²) in [5.74, 6) is 0.644. The summed E-state index contributed by atoms with van der Waals surface area (Å²) in [6, 6.07) is 7.51. The number of ether oxygens (including phenoxy) is 1. The van der Waals surface area contributed by atoms with Gasteiger partial charge in [0.25, 0.3) is 0 Å². The second-order valence-electron chi connectivity index (χ2n) is 5.85. The molecule has 6 heteroatoms. The zero-order chi connectivity index (χ0) is 16.8. The van der Waals surface area contributed by atoms with Crippen LogP contribution in [-0.2, 0) is 16.0 Å². The topological polar surface area (TPSA) is 75.9 Å². The molecule has 0 spiro atoms. The van der Waals surface area contributed by atoms with Gasteiger partial charge in [-0.3, -0.25) is 14.5 Å². The number of nitrogens with two attached hydrogens (primary N) is 1. The monoisotopic (exact) mass is 319 g/mol. The summed E-state index contributed by atoms with van der Waals surface area (Å²) in [5, 5.41) is 0. The fraction of sp³-hybridized carbons (Fsp3) is 0.529. The van der Waals surface area contributed by atoms with E-state index in [2.05, 4.69) is 0 Å². The van der Waals surface area contributed by atoms with E-state index in [0.717, 1.165) is 11.3 Å². The Morgan fingerprint density at radius 1 is 1.26 bits per heavy atom. The van der Waals surface area contributed by atoms with E-state index in [1.54, 1.807) is 7.11 Å². The molecule has 0 saturated carbocycles. The summed E-state index contributed by atoms with van der Waals surface area (Å²) >= 11 is 0. The normalized spacial score (nSPS) is 16.9. The van der Waals surface area contributed by atoms with Crippen LogP contribution in [-0.4, -0.2) is 60.9 Å². The highest BCUT2D eigenvalue weighted by atomic mass is 16.5. The van der Waals surface area contributed by atoms with Crippen LogP contribution < -0.4 is 10.5 Å². The standard InChI is InChI=1S/C17H25N3O3/c1-13(17(18)22)19-8-10-20(11-9-19)16(21)7-6-14-4-3-5-15(12-14)23-2/h3-5,12-13H,6-11H2,1-2H3,(H2,18,22). The predicted molar refractivity (Wildman–Crippen MR) is 88.1 cm³/mol. The maximum atomic E-state index is 12.3. The molecule has 1 aromatic carbocycles. The molecule has 1 fully saturated rings.